The van der Waals surface area contributed by atoms with Gasteiger partial charge in [-0.1, -0.05) is 40.8 Å². The molecule has 0 bridgehead atoms. The lowest BCUT2D eigenvalue weighted by Gasteiger charge is -2.03. The highest BCUT2D eigenvalue weighted by Gasteiger charge is 2.23. The highest BCUT2D eigenvalue weighted by molar-refractivity contribution is 8.01. The highest BCUT2D eigenvalue weighted by Crippen LogP contribution is 2.29. The third kappa shape index (κ3) is 4.66. The maximum Gasteiger partial charge on any atom is 0.210 e. The maximum absolute atomic E-state index is 12.4. The minimum absolute atomic E-state index is 0.163. The molecule has 26 heavy (non-hydrogen) atoms. The Hall–Kier alpha value is -2.28. The number of hydrogen-bond acceptors (Lipinski definition) is 9. The molecular formula is C17H15N5OS3. The summed E-state index contributed by atoms with van der Waals surface area (Å²) in [5, 5.41) is 23.7. The molecule has 1 N–H and O–H groups in total. The molecule has 9 heteroatoms. The van der Waals surface area contributed by atoms with Gasteiger partial charge >= 0.3 is 0 Å². The van der Waals surface area contributed by atoms with Crippen LogP contribution in [0.25, 0.3) is 0 Å². The van der Waals surface area contributed by atoms with Crippen LogP contribution in [0.1, 0.15) is 22.2 Å². The Bertz CT molecular complexity index is 942. The molecule has 6 nitrogen and oxygen atoms in total. The van der Waals surface area contributed by atoms with E-state index >= 15 is 0 Å². The molecule has 0 radical (unpaired) electrons. The molecule has 1 atom stereocenters. The first-order valence-electron chi connectivity index (χ1n) is 7.69. The van der Waals surface area contributed by atoms with Crippen LogP contribution in [0.4, 0.5) is 10.8 Å². The normalized spacial score (nSPS) is 11.7. The van der Waals surface area contributed by atoms with E-state index in [1.54, 1.807) is 0 Å². The van der Waals surface area contributed by atoms with Crippen LogP contribution in [0, 0.1) is 25.2 Å². The Labute approximate surface area is 163 Å². The Morgan fingerprint density at radius 3 is 2.73 bits per heavy atom. The maximum atomic E-state index is 12.4. The largest absolute Gasteiger partial charge is 0.330 e. The van der Waals surface area contributed by atoms with E-state index in [0.717, 1.165) is 11.4 Å². The van der Waals surface area contributed by atoms with Crippen LogP contribution in [0.2, 0.25) is 0 Å². The zero-order chi connectivity index (χ0) is 18.5. The average molecular weight is 402 g/mol. The summed E-state index contributed by atoms with van der Waals surface area (Å²) in [6.07, 6.45) is 0. The monoisotopic (exact) mass is 401 g/mol. The first-order valence-corrected chi connectivity index (χ1v) is 10.4. The molecule has 3 rings (SSSR count). The molecule has 0 aliphatic carbocycles. The van der Waals surface area contributed by atoms with Crippen LogP contribution in [-0.4, -0.2) is 26.7 Å². The van der Waals surface area contributed by atoms with E-state index < -0.39 is 5.92 Å². The van der Waals surface area contributed by atoms with Crippen LogP contribution >= 0.6 is 34.4 Å². The number of nitrogens with one attached hydrogen (secondary N) is 1. The fraction of sp³-hybridized carbons (Fsp3) is 0.235. The number of nitriles is 1. The number of aryl methyl sites for hydroxylation is 2. The molecule has 0 aliphatic rings. The predicted molar refractivity (Wildman–Crippen MR) is 105 cm³/mol. The molecule has 0 fully saturated rings. The van der Waals surface area contributed by atoms with Crippen molar-refractivity contribution in [3.05, 3.63) is 45.9 Å². The van der Waals surface area contributed by atoms with Gasteiger partial charge in [-0.25, -0.2) is 4.98 Å². The summed E-state index contributed by atoms with van der Waals surface area (Å²) in [5.74, 6) is -0.829. The number of hydrogen-bond donors (Lipinski definition) is 1. The average Bonchev–Trinajstić information content (AvgIpc) is 3.25. The van der Waals surface area contributed by atoms with Crippen molar-refractivity contribution in [2.24, 2.45) is 0 Å². The standard InChI is InChI=1S/C17H15N5OS3/c1-10-3-5-12(6-4-10)20-16-21-22-17(26-16)25-9-14(23)13(7-18)15-19-11(2)8-24-15/h3-6,8,13H,9H2,1-2H3,(H,20,21)/t13-/m1/s1. The van der Waals surface area contributed by atoms with E-state index in [0.29, 0.717) is 14.5 Å². The number of ketones is 1. The minimum Gasteiger partial charge on any atom is -0.330 e. The van der Waals surface area contributed by atoms with E-state index in [-0.39, 0.29) is 11.5 Å². The van der Waals surface area contributed by atoms with Crippen LogP contribution in [0.15, 0.2) is 34.0 Å². The first-order chi connectivity index (χ1) is 12.5. The molecule has 2 heterocycles. The second-order valence-corrected chi connectivity index (χ2v) is 8.60. The van der Waals surface area contributed by atoms with Crippen molar-refractivity contribution < 1.29 is 4.79 Å². The van der Waals surface area contributed by atoms with Gasteiger partial charge in [0.1, 0.15) is 5.01 Å². The molecule has 0 unspecified atom stereocenters. The number of thioether (sulfide) groups is 1. The molecular weight excluding hydrogens is 386 g/mol. The first kappa shape index (κ1) is 18.5. The molecule has 1 aromatic carbocycles. The smallest absolute Gasteiger partial charge is 0.210 e. The lowest BCUT2D eigenvalue weighted by Crippen LogP contribution is -2.13. The molecule has 0 amide bonds. The Morgan fingerprint density at radius 1 is 1.31 bits per heavy atom. The van der Waals surface area contributed by atoms with E-state index in [9.17, 15) is 10.1 Å². The Kier molecular flexibility index (Phi) is 5.98. The van der Waals surface area contributed by atoms with Gasteiger partial charge in [-0.3, -0.25) is 4.79 Å². The number of nitrogens with zero attached hydrogens (tertiary/aromatic N) is 4. The van der Waals surface area contributed by atoms with Gasteiger partial charge in [0.25, 0.3) is 0 Å². The SMILES string of the molecule is Cc1ccc(Nc2nnc(SCC(=O)[C@@H](C#N)c3nc(C)cs3)s2)cc1. The number of anilines is 2. The number of carbonyl (C=O) groups is 1. The Morgan fingerprint density at radius 2 is 2.08 bits per heavy atom. The second-order valence-electron chi connectivity index (χ2n) is 5.51. The summed E-state index contributed by atoms with van der Waals surface area (Å²) in [7, 11) is 0. The van der Waals surface area contributed by atoms with Crippen LogP contribution in [0.5, 0.6) is 0 Å². The van der Waals surface area contributed by atoms with Gasteiger partial charge in [0.2, 0.25) is 5.13 Å². The van der Waals surface area contributed by atoms with E-state index in [2.05, 4.69) is 26.6 Å². The summed E-state index contributed by atoms with van der Waals surface area (Å²) in [5.41, 5.74) is 2.94. The third-order valence-electron chi connectivity index (χ3n) is 3.38. The highest BCUT2D eigenvalue weighted by atomic mass is 32.2. The molecule has 132 valence electrons. The molecule has 2 aromatic heterocycles. The van der Waals surface area contributed by atoms with Crippen LogP contribution < -0.4 is 5.32 Å². The summed E-state index contributed by atoms with van der Waals surface area (Å²) in [6.45, 7) is 3.87. The molecule has 0 aliphatic heterocycles. The number of Topliss-reactive ketones (excluding diaryl/α,β-unsaturated/α-hetero) is 1. The number of carbonyl (C=O) groups excluding carboxylic acids is 1. The quantitative estimate of drug-likeness (QED) is 0.589. The molecule has 0 spiro atoms. The fourth-order valence-electron chi connectivity index (χ4n) is 2.06. The van der Waals surface area contributed by atoms with Crippen LogP contribution in [-0.2, 0) is 4.79 Å². The summed E-state index contributed by atoms with van der Waals surface area (Å²) >= 11 is 4.00. The lowest BCUT2D eigenvalue weighted by atomic mass is 10.1. The van der Waals surface area contributed by atoms with Crippen molar-refractivity contribution in [1.29, 1.82) is 5.26 Å². The van der Waals surface area contributed by atoms with Crippen molar-refractivity contribution in [2.45, 2.75) is 24.1 Å². The molecule has 0 saturated carbocycles. The lowest BCUT2D eigenvalue weighted by molar-refractivity contribution is -0.116. The van der Waals surface area contributed by atoms with Gasteiger partial charge in [-0.05, 0) is 26.0 Å². The van der Waals surface area contributed by atoms with Crippen LogP contribution in [0.3, 0.4) is 0 Å². The van der Waals surface area contributed by atoms with Crippen molar-refractivity contribution in [3.8, 4) is 6.07 Å². The topological polar surface area (TPSA) is 91.6 Å². The minimum atomic E-state index is -0.820. The predicted octanol–water partition coefficient (Wildman–Crippen LogP) is 4.32. The van der Waals surface area contributed by atoms with Gasteiger partial charge < -0.3 is 5.32 Å². The number of thiazole rings is 1. The summed E-state index contributed by atoms with van der Waals surface area (Å²) in [6, 6.07) is 10.0. The Balaban J connectivity index is 1.58. The summed E-state index contributed by atoms with van der Waals surface area (Å²) < 4.78 is 0.681. The van der Waals surface area contributed by atoms with Gasteiger partial charge in [-0.15, -0.1) is 21.5 Å². The molecule has 3 aromatic rings. The number of aromatic nitrogens is 3. The number of rotatable bonds is 7. The van der Waals surface area contributed by atoms with E-state index in [1.807, 2.05) is 43.5 Å². The fourth-order valence-corrected chi connectivity index (χ4v) is 4.60. The van der Waals surface area contributed by atoms with Crippen molar-refractivity contribution in [1.82, 2.24) is 15.2 Å². The zero-order valence-corrected chi connectivity index (χ0v) is 16.5. The van der Waals surface area contributed by atoms with E-state index in [4.69, 9.17) is 0 Å². The summed E-state index contributed by atoms with van der Waals surface area (Å²) in [4.78, 5) is 16.6. The van der Waals surface area contributed by atoms with Crippen molar-refractivity contribution in [2.75, 3.05) is 11.1 Å². The van der Waals surface area contributed by atoms with E-state index in [1.165, 1.54) is 40.0 Å². The zero-order valence-electron chi connectivity index (χ0n) is 14.1. The molecule has 0 saturated heterocycles. The van der Waals surface area contributed by atoms with Crippen molar-refractivity contribution >= 4 is 51.0 Å². The second kappa shape index (κ2) is 8.40. The van der Waals surface area contributed by atoms with Gasteiger partial charge in [0.15, 0.2) is 16.0 Å². The number of benzene rings is 1. The van der Waals surface area contributed by atoms with Gasteiger partial charge in [0, 0.05) is 16.8 Å². The van der Waals surface area contributed by atoms with Gasteiger partial charge in [0.05, 0.1) is 11.8 Å². The van der Waals surface area contributed by atoms with Crippen molar-refractivity contribution in [3.63, 3.8) is 0 Å². The van der Waals surface area contributed by atoms with Gasteiger partial charge in [-0.2, -0.15) is 5.26 Å². The third-order valence-corrected chi connectivity index (χ3v) is 6.40.